The van der Waals surface area contributed by atoms with E-state index in [0.29, 0.717) is 10.9 Å². The third-order valence-electron chi connectivity index (χ3n) is 1.87. The molecule has 0 N–H and O–H groups in total. The molecule has 1 aromatic carbocycles. The number of carbonyl (C=O) groups excluding carboxylic acids is 1. The third-order valence-corrected chi connectivity index (χ3v) is 2.57. The van der Waals surface area contributed by atoms with Crippen molar-refractivity contribution in [1.29, 1.82) is 0 Å². The molecule has 1 unspecified atom stereocenters. The summed E-state index contributed by atoms with van der Waals surface area (Å²) in [6.45, 7) is 0. The van der Waals surface area contributed by atoms with Crippen LogP contribution >= 0.6 is 15.9 Å². The molecule has 1 rings (SSSR count). The first-order chi connectivity index (χ1) is 7.46. The summed E-state index contributed by atoms with van der Waals surface area (Å²) in [7, 11) is 0. The zero-order chi connectivity index (χ0) is 12.2. The topological polar surface area (TPSA) is 26.3 Å². The number of alkyl halides is 4. The van der Waals surface area contributed by atoms with Crippen LogP contribution in [-0.4, -0.2) is 18.0 Å². The molecule has 0 aliphatic rings. The lowest BCUT2D eigenvalue weighted by Gasteiger charge is -2.10. The van der Waals surface area contributed by atoms with Gasteiger partial charge in [-0.3, -0.25) is 0 Å². The minimum absolute atomic E-state index is 0.296. The summed E-state index contributed by atoms with van der Waals surface area (Å²) < 4.78 is 39.2. The highest BCUT2D eigenvalue weighted by Crippen LogP contribution is 2.25. The smallest absolute Gasteiger partial charge is 0.406 e. The molecular formula is C10H8BrF3O2. The van der Waals surface area contributed by atoms with E-state index in [1.165, 1.54) is 24.3 Å². The molecule has 6 heteroatoms. The van der Waals surface area contributed by atoms with E-state index in [1.54, 1.807) is 0 Å². The van der Waals surface area contributed by atoms with Crippen LogP contribution in [0.3, 0.4) is 0 Å². The number of rotatable bonds is 4. The predicted octanol–water partition coefficient (Wildman–Crippen LogP) is 3.26. The van der Waals surface area contributed by atoms with Gasteiger partial charge >= 0.3 is 6.36 Å². The van der Waals surface area contributed by atoms with E-state index >= 15 is 0 Å². The molecule has 0 fully saturated rings. The molecule has 0 bridgehead atoms. The zero-order valence-corrected chi connectivity index (χ0v) is 9.59. The quantitative estimate of drug-likeness (QED) is 0.630. The standard InChI is InChI=1S/C10H8BrF3O2/c11-5-8(6-15)7-1-3-9(4-2-7)16-10(12,13)14/h1-4,6,8H,5H2. The SMILES string of the molecule is O=CC(CBr)c1ccc(OC(F)(F)F)cc1. The normalized spacial score (nSPS) is 13.2. The van der Waals surface area contributed by atoms with Gasteiger partial charge in [-0.05, 0) is 17.7 Å². The van der Waals surface area contributed by atoms with Crippen molar-refractivity contribution < 1.29 is 22.7 Å². The Morgan fingerprint density at radius 3 is 2.25 bits per heavy atom. The van der Waals surface area contributed by atoms with E-state index in [1.807, 2.05) is 0 Å². The van der Waals surface area contributed by atoms with Crippen LogP contribution in [-0.2, 0) is 4.79 Å². The van der Waals surface area contributed by atoms with Crippen LogP contribution in [0.25, 0.3) is 0 Å². The second-order valence-electron chi connectivity index (χ2n) is 3.01. The molecule has 0 radical (unpaired) electrons. The van der Waals surface area contributed by atoms with Crippen LogP contribution in [0.5, 0.6) is 5.75 Å². The maximum Gasteiger partial charge on any atom is 0.573 e. The van der Waals surface area contributed by atoms with E-state index in [-0.39, 0.29) is 11.7 Å². The second kappa shape index (κ2) is 5.34. The summed E-state index contributed by atoms with van der Waals surface area (Å²) >= 11 is 3.14. The van der Waals surface area contributed by atoms with Gasteiger partial charge in [0.05, 0.1) is 0 Å². The van der Waals surface area contributed by atoms with Gasteiger partial charge in [0.25, 0.3) is 0 Å². The monoisotopic (exact) mass is 296 g/mol. The number of hydrogen-bond acceptors (Lipinski definition) is 2. The largest absolute Gasteiger partial charge is 0.573 e. The zero-order valence-electron chi connectivity index (χ0n) is 8.00. The number of carbonyl (C=O) groups is 1. The molecule has 0 aliphatic heterocycles. The first kappa shape index (κ1) is 13.0. The average Bonchev–Trinajstić information content (AvgIpc) is 2.20. The van der Waals surface area contributed by atoms with E-state index < -0.39 is 6.36 Å². The van der Waals surface area contributed by atoms with E-state index in [0.717, 1.165) is 6.29 Å². The Bertz CT molecular complexity index is 348. The maximum absolute atomic E-state index is 11.8. The predicted molar refractivity (Wildman–Crippen MR) is 55.7 cm³/mol. The Kier molecular flexibility index (Phi) is 4.35. The molecule has 0 heterocycles. The molecule has 1 atom stereocenters. The molecule has 0 aromatic heterocycles. The second-order valence-corrected chi connectivity index (χ2v) is 3.66. The lowest BCUT2D eigenvalue weighted by Crippen LogP contribution is -2.17. The molecule has 88 valence electrons. The summed E-state index contributed by atoms with van der Waals surface area (Å²) in [6.07, 6.45) is -3.96. The highest BCUT2D eigenvalue weighted by atomic mass is 79.9. The lowest BCUT2D eigenvalue weighted by molar-refractivity contribution is -0.274. The van der Waals surface area contributed by atoms with Gasteiger partial charge in [-0.2, -0.15) is 0 Å². The molecule has 16 heavy (non-hydrogen) atoms. The van der Waals surface area contributed by atoms with Crippen LogP contribution in [0.1, 0.15) is 11.5 Å². The summed E-state index contributed by atoms with van der Waals surface area (Å²) in [6, 6.07) is 5.23. The minimum atomic E-state index is -4.69. The first-order valence-electron chi connectivity index (χ1n) is 4.33. The summed E-state index contributed by atoms with van der Waals surface area (Å²) in [5.74, 6) is -0.657. The van der Waals surface area contributed by atoms with Crippen LogP contribution < -0.4 is 4.74 Å². The Morgan fingerprint density at radius 1 is 1.31 bits per heavy atom. The van der Waals surface area contributed by atoms with Crippen molar-refractivity contribution in [2.75, 3.05) is 5.33 Å². The summed E-state index contributed by atoms with van der Waals surface area (Å²) in [5, 5.41) is 0.427. The fraction of sp³-hybridized carbons (Fsp3) is 0.300. The third kappa shape index (κ3) is 3.84. The van der Waals surface area contributed by atoms with Crippen LogP contribution in [0.4, 0.5) is 13.2 Å². The minimum Gasteiger partial charge on any atom is -0.406 e. The van der Waals surface area contributed by atoms with E-state index in [4.69, 9.17) is 0 Å². The fourth-order valence-corrected chi connectivity index (χ4v) is 1.65. The van der Waals surface area contributed by atoms with Crippen LogP contribution in [0.15, 0.2) is 24.3 Å². The molecule has 2 nitrogen and oxygen atoms in total. The molecule has 0 aliphatic carbocycles. The van der Waals surface area contributed by atoms with Gasteiger partial charge in [0.15, 0.2) is 0 Å². The van der Waals surface area contributed by atoms with Crippen molar-refractivity contribution in [1.82, 2.24) is 0 Å². The van der Waals surface area contributed by atoms with Crippen molar-refractivity contribution >= 4 is 22.2 Å². The number of aldehydes is 1. The van der Waals surface area contributed by atoms with Gasteiger partial charge in [0, 0.05) is 11.2 Å². The van der Waals surface area contributed by atoms with Gasteiger partial charge in [0.1, 0.15) is 12.0 Å². The number of ether oxygens (including phenoxy) is 1. The van der Waals surface area contributed by atoms with Crippen molar-refractivity contribution in [3.05, 3.63) is 29.8 Å². The number of benzene rings is 1. The van der Waals surface area contributed by atoms with Crippen molar-refractivity contribution in [3.63, 3.8) is 0 Å². The Labute approximate surface area is 98.5 Å². The van der Waals surface area contributed by atoms with Gasteiger partial charge in [-0.25, -0.2) is 0 Å². The molecule has 0 spiro atoms. The van der Waals surface area contributed by atoms with Crippen molar-refractivity contribution in [2.45, 2.75) is 12.3 Å². The Morgan fingerprint density at radius 2 is 1.88 bits per heavy atom. The van der Waals surface area contributed by atoms with Gasteiger partial charge in [-0.15, -0.1) is 13.2 Å². The maximum atomic E-state index is 11.8. The molecule has 0 saturated carbocycles. The Hall–Kier alpha value is -1.04. The lowest BCUT2D eigenvalue weighted by atomic mass is 10.0. The van der Waals surface area contributed by atoms with Crippen LogP contribution in [0, 0.1) is 0 Å². The van der Waals surface area contributed by atoms with Gasteiger partial charge < -0.3 is 9.53 Å². The number of hydrogen-bond donors (Lipinski definition) is 0. The average molecular weight is 297 g/mol. The summed E-state index contributed by atoms with van der Waals surface area (Å²) in [4.78, 5) is 10.6. The molecule has 1 aromatic rings. The van der Waals surface area contributed by atoms with Crippen molar-refractivity contribution in [3.8, 4) is 5.75 Å². The van der Waals surface area contributed by atoms with E-state index in [9.17, 15) is 18.0 Å². The Balaban J connectivity index is 2.78. The van der Waals surface area contributed by atoms with Crippen LogP contribution in [0.2, 0.25) is 0 Å². The first-order valence-corrected chi connectivity index (χ1v) is 5.45. The van der Waals surface area contributed by atoms with Gasteiger partial charge in [-0.1, -0.05) is 28.1 Å². The molecule has 0 saturated heterocycles. The fourth-order valence-electron chi connectivity index (χ4n) is 1.12. The highest BCUT2D eigenvalue weighted by molar-refractivity contribution is 9.09. The van der Waals surface area contributed by atoms with Gasteiger partial charge in [0.2, 0.25) is 0 Å². The summed E-state index contributed by atoms with van der Waals surface area (Å²) in [5.41, 5.74) is 0.640. The molecule has 0 amide bonds. The highest BCUT2D eigenvalue weighted by Gasteiger charge is 2.31. The molecular weight excluding hydrogens is 289 g/mol. The van der Waals surface area contributed by atoms with Crippen molar-refractivity contribution in [2.24, 2.45) is 0 Å². The van der Waals surface area contributed by atoms with E-state index in [2.05, 4.69) is 20.7 Å². The number of halogens is 4.